The molecule has 25 heavy (non-hydrogen) atoms. The van der Waals surface area contributed by atoms with E-state index in [0.717, 1.165) is 49.1 Å². The quantitative estimate of drug-likeness (QED) is 0.880. The van der Waals surface area contributed by atoms with Crippen molar-refractivity contribution in [1.82, 2.24) is 25.3 Å². The van der Waals surface area contributed by atoms with E-state index in [-0.39, 0.29) is 6.03 Å². The van der Waals surface area contributed by atoms with Crippen LogP contribution in [0.1, 0.15) is 56.7 Å². The number of nitrogens with one attached hydrogen (secondary N) is 2. The van der Waals surface area contributed by atoms with Gasteiger partial charge in [-0.25, -0.2) is 4.79 Å². The first-order valence-electron chi connectivity index (χ1n) is 9.79. The van der Waals surface area contributed by atoms with Crippen LogP contribution in [0.25, 0.3) is 0 Å². The van der Waals surface area contributed by atoms with E-state index in [9.17, 15) is 4.79 Å². The summed E-state index contributed by atoms with van der Waals surface area (Å²) < 4.78 is 1.83. The Bertz CT molecular complexity index is 568. The molecule has 2 N–H and O–H groups in total. The standard InChI is InChI=1S/C19H33N5O/c1-14-4-6-18(7-5-14)24-10-8-17(9-11-24)22-19(25)20-12-16-13-21-23(3)15(16)2/h13-14,17-18H,4-12H2,1-3H3,(H2,20,22,25). The minimum atomic E-state index is -0.0619. The molecule has 140 valence electrons. The van der Waals surface area contributed by atoms with Gasteiger partial charge in [-0.1, -0.05) is 6.92 Å². The van der Waals surface area contributed by atoms with Crippen molar-refractivity contribution in [1.29, 1.82) is 0 Å². The van der Waals surface area contributed by atoms with Crippen molar-refractivity contribution in [2.45, 2.75) is 71.0 Å². The molecular weight excluding hydrogens is 314 g/mol. The van der Waals surface area contributed by atoms with Gasteiger partial charge >= 0.3 is 6.03 Å². The fraction of sp³-hybridized carbons (Fsp3) is 0.789. The van der Waals surface area contributed by atoms with E-state index in [0.29, 0.717) is 12.6 Å². The number of urea groups is 1. The van der Waals surface area contributed by atoms with Crippen molar-refractivity contribution in [3.05, 3.63) is 17.5 Å². The fourth-order valence-corrected chi connectivity index (χ4v) is 4.15. The molecule has 1 aromatic heterocycles. The summed E-state index contributed by atoms with van der Waals surface area (Å²) in [5.41, 5.74) is 2.16. The van der Waals surface area contributed by atoms with Gasteiger partial charge in [-0.2, -0.15) is 5.10 Å². The van der Waals surface area contributed by atoms with Crippen molar-refractivity contribution in [2.75, 3.05) is 13.1 Å². The van der Waals surface area contributed by atoms with Gasteiger partial charge in [-0.15, -0.1) is 0 Å². The summed E-state index contributed by atoms with van der Waals surface area (Å²) >= 11 is 0. The Hall–Kier alpha value is -1.56. The molecule has 0 bridgehead atoms. The molecule has 1 saturated carbocycles. The van der Waals surface area contributed by atoms with Crippen molar-refractivity contribution < 1.29 is 4.79 Å². The van der Waals surface area contributed by atoms with Gasteiger partial charge in [-0.05, 0) is 51.4 Å². The lowest BCUT2D eigenvalue weighted by Gasteiger charge is -2.40. The second kappa shape index (κ2) is 8.21. The average Bonchev–Trinajstić information content (AvgIpc) is 2.93. The molecule has 0 atom stereocenters. The van der Waals surface area contributed by atoms with Gasteiger partial charge in [-0.3, -0.25) is 4.68 Å². The molecular formula is C19H33N5O. The van der Waals surface area contributed by atoms with Crippen LogP contribution in [0, 0.1) is 12.8 Å². The Morgan fingerprint density at radius 2 is 1.88 bits per heavy atom. The van der Waals surface area contributed by atoms with Crippen LogP contribution in [0.5, 0.6) is 0 Å². The first kappa shape index (κ1) is 18.2. The van der Waals surface area contributed by atoms with Gasteiger partial charge < -0.3 is 15.5 Å². The summed E-state index contributed by atoms with van der Waals surface area (Å²) in [6, 6.07) is 1.02. The number of aromatic nitrogens is 2. The van der Waals surface area contributed by atoms with E-state index in [2.05, 4.69) is 27.6 Å². The van der Waals surface area contributed by atoms with E-state index in [4.69, 9.17) is 0 Å². The summed E-state index contributed by atoms with van der Waals surface area (Å²) in [5.74, 6) is 0.905. The highest BCUT2D eigenvalue weighted by Gasteiger charge is 2.28. The van der Waals surface area contributed by atoms with Crippen LogP contribution in [0.3, 0.4) is 0 Å². The van der Waals surface area contributed by atoms with E-state index in [1.807, 2.05) is 24.9 Å². The maximum atomic E-state index is 12.2. The molecule has 3 rings (SSSR count). The first-order valence-corrected chi connectivity index (χ1v) is 9.79. The zero-order valence-corrected chi connectivity index (χ0v) is 15.9. The summed E-state index contributed by atoms with van der Waals surface area (Å²) in [6.07, 6.45) is 9.39. The maximum Gasteiger partial charge on any atom is 0.315 e. The first-order chi connectivity index (χ1) is 12.0. The minimum Gasteiger partial charge on any atom is -0.335 e. The highest BCUT2D eigenvalue weighted by atomic mass is 16.2. The van der Waals surface area contributed by atoms with Crippen molar-refractivity contribution in [3.63, 3.8) is 0 Å². The number of rotatable bonds is 4. The zero-order valence-electron chi connectivity index (χ0n) is 15.9. The van der Waals surface area contributed by atoms with Gasteiger partial charge in [0.25, 0.3) is 0 Å². The molecule has 2 amide bonds. The van der Waals surface area contributed by atoms with Crippen molar-refractivity contribution in [3.8, 4) is 0 Å². The number of aryl methyl sites for hydroxylation is 1. The maximum absolute atomic E-state index is 12.2. The molecule has 0 unspecified atom stereocenters. The minimum absolute atomic E-state index is 0.0619. The van der Waals surface area contributed by atoms with Crippen LogP contribution >= 0.6 is 0 Å². The average molecular weight is 348 g/mol. The third-order valence-corrected chi connectivity index (χ3v) is 6.14. The van der Waals surface area contributed by atoms with Gasteiger partial charge in [0.1, 0.15) is 0 Å². The van der Waals surface area contributed by atoms with E-state index < -0.39 is 0 Å². The predicted molar refractivity (Wildman–Crippen MR) is 99.3 cm³/mol. The number of hydrogen-bond acceptors (Lipinski definition) is 3. The second-order valence-corrected chi connectivity index (χ2v) is 7.93. The van der Waals surface area contributed by atoms with E-state index in [1.54, 1.807) is 0 Å². The summed E-state index contributed by atoms with van der Waals surface area (Å²) in [7, 11) is 1.92. The fourth-order valence-electron chi connectivity index (χ4n) is 4.15. The molecule has 2 aliphatic rings. The molecule has 2 fully saturated rings. The lowest BCUT2D eigenvalue weighted by Crippen LogP contribution is -2.50. The summed E-state index contributed by atoms with van der Waals surface area (Å²) in [6.45, 7) is 7.16. The lowest BCUT2D eigenvalue weighted by atomic mass is 9.85. The molecule has 0 radical (unpaired) electrons. The second-order valence-electron chi connectivity index (χ2n) is 7.93. The zero-order chi connectivity index (χ0) is 17.8. The molecule has 6 heteroatoms. The van der Waals surface area contributed by atoms with Gasteiger partial charge in [0.15, 0.2) is 0 Å². The van der Waals surface area contributed by atoms with Crippen LogP contribution in [-0.4, -0.2) is 45.9 Å². The predicted octanol–water partition coefficient (Wildman–Crippen LogP) is 2.57. The lowest BCUT2D eigenvalue weighted by molar-refractivity contribution is 0.106. The van der Waals surface area contributed by atoms with Crippen LogP contribution in [-0.2, 0) is 13.6 Å². The molecule has 2 heterocycles. The molecule has 0 spiro atoms. The van der Waals surface area contributed by atoms with E-state index in [1.165, 1.54) is 25.7 Å². The summed E-state index contributed by atoms with van der Waals surface area (Å²) in [5, 5.41) is 10.3. The third kappa shape index (κ3) is 4.75. The van der Waals surface area contributed by atoms with E-state index >= 15 is 0 Å². The van der Waals surface area contributed by atoms with Crippen molar-refractivity contribution >= 4 is 6.03 Å². The Morgan fingerprint density at radius 3 is 2.48 bits per heavy atom. The Kier molecular flexibility index (Phi) is 5.99. The largest absolute Gasteiger partial charge is 0.335 e. The Morgan fingerprint density at radius 1 is 1.20 bits per heavy atom. The smallest absolute Gasteiger partial charge is 0.315 e. The normalized spacial score (nSPS) is 25.7. The highest BCUT2D eigenvalue weighted by molar-refractivity contribution is 5.74. The monoisotopic (exact) mass is 347 g/mol. The molecule has 1 aromatic rings. The third-order valence-electron chi connectivity index (χ3n) is 6.14. The number of likely N-dealkylation sites (tertiary alicyclic amines) is 1. The van der Waals surface area contributed by atoms with Gasteiger partial charge in [0.05, 0.1) is 6.20 Å². The van der Waals surface area contributed by atoms with Crippen molar-refractivity contribution in [2.24, 2.45) is 13.0 Å². The van der Waals surface area contributed by atoms with Crippen LogP contribution < -0.4 is 10.6 Å². The molecule has 0 aromatic carbocycles. The molecule has 6 nitrogen and oxygen atoms in total. The Balaban J connectivity index is 1.37. The number of carbonyl (C=O) groups excluding carboxylic acids is 1. The number of hydrogen-bond donors (Lipinski definition) is 2. The number of nitrogens with zero attached hydrogens (tertiary/aromatic N) is 3. The van der Waals surface area contributed by atoms with Gasteiger partial charge in [0.2, 0.25) is 0 Å². The SMILES string of the molecule is Cc1c(CNC(=O)NC2CCN(C3CCC(C)CC3)CC2)cnn1C. The topological polar surface area (TPSA) is 62.2 Å². The number of piperidine rings is 1. The highest BCUT2D eigenvalue weighted by Crippen LogP contribution is 2.28. The number of carbonyl (C=O) groups is 1. The van der Waals surface area contributed by atoms with Crippen LogP contribution in [0.4, 0.5) is 4.79 Å². The van der Waals surface area contributed by atoms with Crippen LogP contribution in [0.2, 0.25) is 0 Å². The van der Waals surface area contributed by atoms with Crippen LogP contribution in [0.15, 0.2) is 6.20 Å². The molecule has 1 aliphatic heterocycles. The number of amides is 2. The molecule has 1 aliphatic carbocycles. The van der Waals surface area contributed by atoms with Gasteiger partial charge in [0, 0.05) is 50.0 Å². The Labute approximate surface area is 151 Å². The molecule has 1 saturated heterocycles. The summed E-state index contributed by atoms with van der Waals surface area (Å²) in [4.78, 5) is 14.8.